The van der Waals surface area contributed by atoms with E-state index in [0.29, 0.717) is 18.7 Å². The molecule has 1 aromatic rings. The van der Waals surface area contributed by atoms with Gasteiger partial charge in [0.15, 0.2) is 9.84 Å². The van der Waals surface area contributed by atoms with Gasteiger partial charge in [0.1, 0.15) is 0 Å². The SMILES string of the molecule is CCS(=O)(=O)c1ccccc1C(=O)N1CCN(C)CC1. The molecule has 0 saturated carbocycles. The highest BCUT2D eigenvalue weighted by Crippen LogP contribution is 2.19. The lowest BCUT2D eigenvalue weighted by Crippen LogP contribution is -2.47. The number of hydrogen-bond donors (Lipinski definition) is 0. The first-order valence-electron chi connectivity index (χ1n) is 6.75. The van der Waals surface area contributed by atoms with Crippen molar-refractivity contribution < 1.29 is 13.2 Å². The molecule has 0 atom stereocenters. The summed E-state index contributed by atoms with van der Waals surface area (Å²) in [6, 6.07) is 6.48. The Labute approximate surface area is 120 Å². The van der Waals surface area contributed by atoms with Crippen molar-refractivity contribution in [3.63, 3.8) is 0 Å². The summed E-state index contributed by atoms with van der Waals surface area (Å²) in [6.07, 6.45) is 0. The molecule has 0 aromatic heterocycles. The largest absolute Gasteiger partial charge is 0.336 e. The van der Waals surface area contributed by atoms with Crippen molar-refractivity contribution in [2.45, 2.75) is 11.8 Å². The zero-order chi connectivity index (χ0) is 14.8. The van der Waals surface area contributed by atoms with E-state index < -0.39 is 9.84 Å². The summed E-state index contributed by atoms with van der Waals surface area (Å²) in [5.74, 6) is -0.189. The lowest BCUT2D eigenvalue weighted by Gasteiger charge is -2.32. The smallest absolute Gasteiger partial charge is 0.255 e. The molecular weight excluding hydrogens is 276 g/mol. The summed E-state index contributed by atoms with van der Waals surface area (Å²) in [4.78, 5) is 16.6. The van der Waals surface area contributed by atoms with Crippen LogP contribution in [0, 0.1) is 0 Å². The quantitative estimate of drug-likeness (QED) is 0.830. The van der Waals surface area contributed by atoms with Crippen molar-refractivity contribution in [2.75, 3.05) is 39.0 Å². The van der Waals surface area contributed by atoms with Crippen LogP contribution in [-0.4, -0.2) is 63.1 Å². The fourth-order valence-corrected chi connectivity index (χ4v) is 3.34. The Morgan fingerprint density at radius 3 is 2.35 bits per heavy atom. The predicted molar refractivity (Wildman–Crippen MR) is 77.6 cm³/mol. The van der Waals surface area contributed by atoms with E-state index in [9.17, 15) is 13.2 Å². The predicted octanol–water partition coefficient (Wildman–Crippen LogP) is 0.868. The van der Waals surface area contributed by atoms with Crippen LogP contribution in [0.4, 0.5) is 0 Å². The number of likely N-dealkylation sites (N-methyl/N-ethyl adjacent to an activating group) is 1. The summed E-state index contributed by atoms with van der Waals surface area (Å²) in [5, 5.41) is 0. The maximum absolute atomic E-state index is 12.5. The van der Waals surface area contributed by atoms with Gasteiger partial charge in [-0.2, -0.15) is 0 Å². The molecule has 0 bridgehead atoms. The molecule has 2 rings (SSSR count). The molecule has 0 aliphatic carbocycles. The van der Waals surface area contributed by atoms with Gasteiger partial charge in [-0.3, -0.25) is 4.79 Å². The average Bonchev–Trinajstić information content (AvgIpc) is 2.47. The third-order valence-corrected chi connectivity index (χ3v) is 5.41. The Kier molecular flexibility index (Phi) is 4.45. The second-order valence-corrected chi connectivity index (χ2v) is 7.24. The van der Waals surface area contributed by atoms with Crippen molar-refractivity contribution in [1.82, 2.24) is 9.80 Å². The minimum absolute atomic E-state index is 0.0000309. The number of rotatable bonds is 3. The van der Waals surface area contributed by atoms with Gasteiger partial charge in [-0.25, -0.2) is 8.42 Å². The molecule has 1 aromatic carbocycles. The zero-order valence-corrected chi connectivity index (χ0v) is 12.7. The lowest BCUT2D eigenvalue weighted by molar-refractivity contribution is 0.0660. The third kappa shape index (κ3) is 3.02. The van der Waals surface area contributed by atoms with Crippen LogP contribution in [0.15, 0.2) is 29.2 Å². The molecule has 0 unspecified atom stereocenters. The Bertz CT molecular complexity index is 590. The van der Waals surface area contributed by atoms with E-state index in [1.807, 2.05) is 7.05 Å². The van der Waals surface area contributed by atoms with Gasteiger partial charge >= 0.3 is 0 Å². The highest BCUT2D eigenvalue weighted by Gasteiger charge is 2.25. The van der Waals surface area contributed by atoms with Crippen LogP contribution in [0.25, 0.3) is 0 Å². The van der Waals surface area contributed by atoms with Crippen LogP contribution in [0.5, 0.6) is 0 Å². The Morgan fingerprint density at radius 2 is 1.75 bits per heavy atom. The van der Waals surface area contributed by atoms with E-state index in [1.54, 1.807) is 30.0 Å². The van der Waals surface area contributed by atoms with Gasteiger partial charge in [-0.15, -0.1) is 0 Å². The number of nitrogens with zero attached hydrogens (tertiary/aromatic N) is 2. The number of amides is 1. The molecule has 0 radical (unpaired) electrons. The molecule has 5 nitrogen and oxygen atoms in total. The van der Waals surface area contributed by atoms with Crippen molar-refractivity contribution in [3.8, 4) is 0 Å². The van der Waals surface area contributed by atoms with Gasteiger partial charge in [0.2, 0.25) is 0 Å². The van der Waals surface area contributed by atoms with Gasteiger partial charge < -0.3 is 9.80 Å². The second-order valence-electron chi connectivity index (χ2n) is 5.00. The van der Waals surface area contributed by atoms with Crippen LogP contribution < -0.4 is 0 Å². The second kappa shape index (κ2) is 5.93. The van der Waals surface area contributed by atoms with Gasteiger partial charge in [0.25, 0.3) is 5.91 Å². The normalized spacial score (nSPS) is 17.2. The molecule has 0 spiro atoms. The summed E-state index contributed by atoms with van der Waals surface area (Å²) in [6.45, 7) is 4.49. The summed E-state index contributed by atoms with van der Waals surface area (Å²) in [5.41, 5.74) is 0.291. The lowest BCUT2D eigenvalue weighted by atomic mass is 10.2. The maximum atomic E-state index is 12.5. The number of carbonyl (C=O) groups is 1. The molecule has 110 valence electrons. The first-order chi connectivity index (χ1) is 9.45. The number of sulfone groups is 1. The topological polar surface area (TPSA) is 57.7 Å². The summed E-state index contributed by atoms with van der Waals surface area (Å²) < 4.78 is 24.2. The van der Waals surface area contributed by atoms with E-state index >= 15 is 0 Å². The first kappa shape index (κ1) is 15.0. The highest BCUT2D eigenvalue weighted by molar-refractivity contribution is 7.91. The molecule has 1 heterocycles. The van der Waals surface area contributed by atoms with E-state index in [1.165, 1.54) is 6.07 Å². The fraction of sp³-hybridized carbons (Fsp3) is 0.500. The zero-order valence-electron chi connectivity index (χ0n) is 11.9. The van der Waals surface area contributed by atoms with Gasteiger partial charge in [0, 0.05) is 26.2 Å². The number of piperazine rings is 1. The van der Waals surface area contributed by atoms with E-state index in [4.69, 9.17) is 0 Å². The van der Waals surface area contributed by atoms with E-state index in [-0.39, 0.29) is 16.6 Å². The van der Waals surface area contributed by atoms with Gasteiger partial charge in [-0.1, -0.05) is 19.1 Å². The minimum atomic E-state index is -3.38. The molecule has 1 fully saturated rings. The number of carbonyl (C=O) groups excluding carboxylic acids is 1. The molecule has 20 heavy (non-hydrogen) atoms. The molecule has 1 aliphatic rings. The molecule has 1 amide bonds. The average molecular weight is 296 g/mol. The van der Waals surface area contributed by atoms with Crippen molar-refractivity contribution >= 4 is 15.7 Å². The summed E-state index contributed by atoms with van der Waals surface area (Å²) in [7, 11) is -1.37. The van der Waals surface area contributed by atoms with Crippen molar-refractivity contribution in [1.29, 1.82) is 0 Å². The van der Waals surface area contributed by atoms with Gasteiger partial charge in [-0.05, 0) is 19.2 Å². The Hall–Kier alpha value is -1.40. The molecule has 1 saturated heterocycles. The Balaban J connectivity index is 2.31. The maximum Gasteiger partial charge on any atom is 0.255 e. The van der Waals surface area contributed by atoms with Crippen LogP contribution in [-0.2, 0) is 9.84 Å². The minimum Gasteiger partial charge on any atom is -0.336 e. The third-order valence-electron chi connectivity index (χ3n) is 3.62. The van der Waals surface area contributed by atoms with Crippen LogP contribution in [0.1, 0.15) is 17.3 Å². The molecular formula is C14H20N2O3S. The fourth-order valence-electron chi connectivity index (χ4n) is 2.25. The van der Waals surface area contributed by atoms with Crippen LogP contribution in [0.3, 0.4) is 0 Å². The Morgan fingerprint density at radius 1 is 1.15 bits per heavy atom. The number of hydrogen-bond acceptors (Lipinski definition) is 4. The highest BCUT2D eigenvalue weighted by atomic mass is 32.2. The van der Waals surface area contributed by atoms with E-state index in [0.717, 1.165) is 13.1 Å². The van der Waals surface area contributed by atoms with Crippen LogP contribution >= 0.6 is 0 Å². The number of benzene rings is 1. The molecule has 0 N–H and O–H groups in total. The van der Waals surface area contributed by atoms with Crippen LogP contribution in [0.2, 0.25) is 0 Å². The van der Waals surface area contributed by atoms with Gasteiger partial charge in [0.05, 0.1) is 16.2 Å². The monoisotopic (exact) mass is 296 g/mol. The molecule has 1 aliphatic heterocycles. The molecule has 6 heteroatoms. The standard InChI is InChI=1S/C14H20N2O3S/c1-3-20(18,19)13-7-5-4-6-12(13)14(17)16-10-8-15(2)9-11-16/h4-7H,3,8-11H2,1-2H3. The first-order valence-corrected chi connectivity index (χ1v) is 8.40. The van der Waals surface area contributed by atoms with Crippen molar-refractivity contribution in [2.24, 2.45) is 0 Å². The van der Waals surface area contributed by atoms with E-state index in [2.05, 4.69) is 4.90 Å². The summed E-state index contributed by atoms with van der Waals surface area (Å²) >= 11 is 0. The van der Waals surface area contributed by atoms with Crippen molar-refractivity contribution in [3.05, 3.63) is 29.8 Å².